The Morgan fingerprint density at radius 2 is 2.05 bits per heavy atom. The number of amides is 1. The van der Waals surface area contributed by atoms with Gasteiger partial charge in [-0.15, -0.1) is 12.4 Å². The molecule has 0 aliphatic carbocycles. The van der Waals surface area contributed by atoms with Crippen molar-refractivity contribution in [2.75, 3.05) is 6.54 Å². The zero-order chi connectivity index (χ0) is 13.8. The number of aromatic nitrogens is 2. The standard InChI is InChI=1S/C14H18N4O.ClH/c1-10(8-15)17-14(19)13-9-16-18(11(13)2)12-6-4-3-5-7-12;/h3-7,9-10H,8,15H2,1-2H3,(H,17,19);1H/t10-;/m0./s1. The van der Waals surface area contributed by atoms with Gasteiger partial charge in [0.1, 0.15) is 0 Å². The number of nitrogens with zero attached hydrogens (tertiary/aromatic N) is 2. The smallest absolute Gasteiger partial charge is 0.255 e. The summed E-state index contributed by atoms with van der Waals surface area (Å²) in [5.41, 5.74) is 7.82. The highest BCUT2D eigenvalue weighted by Gasteiger charge is 2.16. The maximum absolute atomic E-state index is 12.1. The van der Waals surface area contributed by atoms with Gasteiger partial charge in [-0.05, 0) is 26.0 Å². The molecular weight excluding hydrogens is 276 g/mol. The molecule has 0 fully saturated rings. The fraction of sp³-hybridized carbons (Fsp3) is 0.286. The summed E-state index contributed by atoms with van der Waals surface area (Å²) in [6.45, 7) is 4.16. The van der Waals surface area contributed by atoms with Crippen molar-refractivity contribution in [1.82, 2.24) is 15.1 Å². The van der Waals surface area contributed by atoms with Crippen LogP contribution in [-0.4, -0.2) is 28.3 Å². The molecule has 108 valence electrons. The normalized spacial score (nSPS) is 11.6. The fourth-order valence-corrected chi connectivity index (χ4v) is 1.82. The van der Waals surface area contributed by atoms with E-state index in [2.05, 4.69) is 10.4 Å². The van der Waals surface area contributed by atoms with Crippen molar-refractivity contribution < 1.29 is 4.79 Å². The Morgan fingerprint density at radius 1 is 1.40 bits per heavy atom. The number of halogens is 1. The van der Waals surface area contributed by atoms with Crippen molar-refractivity contribution >= 4 is 18.3 Å². The second-order valence-corrected chi connectivity index (χ2v) is 4.50. The predicted octanol–water partition coefficient (Wildman–Crippen LogP) is 1.68. The molecule has 0 unspecified atom stereocenters. The van der Waals surface area contributed by atoms with Crippen molar-refractivity contribution in [2.45, 2.75) is 19.9 Å². The number of rotatable bonds is 4. The highest BCUT2D eigenvalue weighted by molar-refractivity contribution is 5.95. The molecule has 6 heteroatoms. The van der Waals surface area contributed by atoms with E-state index in [-0.39, 0.29) is 24.4 Å². The fourth-order valence-electron chi connectivity index (χ4n) is 1.82. The van der Waals surface area contributed by atoms with Gasteiger partial charge in [-0.3, -0.25) is 4.79 Å². The number of hydrogen-bond donors (Lipinski definition) is 2. The van der Waals surface area contributed by atoms with Crippen molar-refractivity contribution in [3.63, 3.8) is 0 Å². The summed E-state index contributed by atoms with van der Waals surface area (Å²) >= 11 is 0. The van der Waals surface area contributed by atoms with Crippen LogP contribution in [0.15, 0.2) is 36.5 Å². The first-order valence-electron chi connectivity index (χ1n) is 6.24. The summed E-state index contributed by atoms with van der Waals surface area (Å²) in [6, 6.07) is 9.67. The number of hydrogen-bond acceptors (Lipinski definition) is 3. The van der Waals surface area contributed by atoms with Gasteiger partial charge in [-0.1, -0.05) is 18.2 Å². The summed E-state index contributed by atoms with van der Waals surface area (Å²) < 4.78 is 1.75. The van der Waals surface area contributed by atoms with E-state index in [1.165, 1.54) is 0 Å². The quantitative estimate of drug-likeness (QED) is 0.901. The van der Waals surface area contributed by atoms with Crippen molar-refractivity contribution in [1.29, 1.82) is 0 Å². The minimum Gasteiger partial charge on any atom is -0.348 e. The molecule has 1 aromatic carbocycles. The van der Waals surface area contributed by atoms with Gasteiger partial charge in [0.25, 0.3) is 5.91 Å². The van der Waals surface area contributed by atoms with E-state index in [1.807, 2.05) is 44.2 Å². The molecule has 20 heavy (non-hydrogen) atoms. The lowest BCUT2D eigenvalue weighted by Gasteiger charge is -2.11. The summed E-state index contributed by atoms with van der Waals surface area (Å²) in [5, 5.41) is 7.10. The van der Waals surface area contributed by atoms with E-state index < -0.39 is 0 Å². The zero-order valence-electron chi connectivity index (χ0n) is 11.5. The predicted molar refractivity (Wildman–Crippen MR) is 81.5 cm³/mol. The van der Waals surface area contributed by atoms with Crippen molar-refractivity contribution in [3.8, 4) is 5.69 Å². The third-order valence-corrected chi connectivity index (χ3v) is 2.99. The molecule has 2 aromatic rings. The topological polar surface area (TPSA) is 72.9 Å². The molecule has 0 bridgehead atoms. The molecule has 1 atom stereocenters. The maximum Gasteiger partial charge on any atom is 0.255 e. The van der Waals surface area contributed by atoms with Gasteiger partial charge >= 0.3 is 0 Å². The van der Waals surface area contributed by atoms with Crippen LogP contribution in [0.5, 0.6) is 0 Å². The summed E-state index contributed by atoms with van der Waals surface area (Å²) in [7, 11) is 0. The molecule has 1 aromatic heterocycles. The molecule has 5 nitrogen and oxygen atoms in total. The first-order valence-corrected chi connectivity index (χ1v) is 6.24. The molecule has 1 heterocycles. The molecule has 0 saturated heterocycles. The summed E-state index contributed by atoms with van der Waals surface area (Å²) in [4.78, 5) is 12.1. The number of carbonyl (C=O) groups excluding carboxylic acids is 1. The maximum atomic E-state index is 12.1. The molecular formula is C14H19ClN4O. The van der Waals surface area contributed by atoms with Gasteiger partial charge in [-0.25, -0.2) is 4.68 Å². The van der Waals surface area contributed by atoms with E-state index in [9.17, 15) is 4.79 Å². The second kappa shape index (κ2) is 7.07. The highest BCUT2D eigenvalue weighted by Crippen LogP contribution is 2.13. The van der Waals surface area contributed by atoms with E-state index >= 15 is 0 Å². The van der Waals surface area contributed by atoms with Gasteiger partial charge in [0.15, 0.2) is 0 Å². The van der Waals surface area contributed by atoms with Crippen molar-refractivity contribution in [3.05, 3.63) is 47.8 Å². The molecule has 3 N–H and O–H groups in total. The van der Waals surface area contributed by atoms with Crippen LogP contribution < -0.4 is 11.1 Å². The van der Waals surface area contributed by atoms with Crippen LogP contribution in [0.2, 0.25) is 0 Å². The monoisotopic (exact) mass is 294 g/mol. The Hall–Kier alpha value is -1.85. The molecule has 0 aliphatic heterocycles. The van der Waals surface area contributed by atoms with Gasteiger partial charge in [-0.2, -0.15) is 5.10 Å². The van der Waals surface area contributed by atoms with Gasteiger partial charge < -0.3 is 11.1 Å². The first-order chi connectivity index (χ1) is 9.13. The number of para-hydroxylation sites is 1. The third-order valence-electron chi connectivity index (χ3n) is 2.99. The number of nitrogens with one attached hydrogen (secondary N) is 1. The Morgan fingerprint density at radius 3 is 2.65 bits per heavy atom. The number of carbonyl (C=O) groups is 1. The Balaban J connectivity index is 0.00000200. The molecule has 0 spiro atoms. The molecule has 0 saturated carbocycles. The third kappa shape index (κ3) is 3.37. The van der Waals surface area contributed by atoms with Crippen LogP contribution in [0.3, 0.4) is 0 Å². The zero-order valence-corrected chi connectivity index (χ0v) is 12.4. The summed E-state index contributed by atoms with van der Waals surface area (Å²) in [5.74, 6) is -0.141. The van der Waals surface area contributed by atoms with Gasteiger partial charge in [0.2, 0.25) is 0 Å². The Bertz CT molecular complexity index is 568. The van der Waals surface area contributed by atoms with Gasteiger partial charge in [0, 0.05) is 12.6 Å². The largest absolute Gasteiger partial charge is 0.348 e. The van der Waals surface area contributed by atoms with Crippen LogP contribution in [0, 0.1) is 6.92 Å². The van der Waals surface area contributed by atoms with E-state index in [1.54, 1.807) is 10.9 Å². The molecule has 1 amide bonds. The molecule has 0 radical (unpaired) electrons. The Kier molecular flexibility index (Phi) is 5.73. The molecule has 0 aliphatic rings. The van der Waals surface area contributed by atoms with Crippen LogP contribution in [0.1, 0.15) is 23.0 Å². The van der Waals surface area contributed by atoms with Crippen LogP contribution in [0.4, 0.5) is 0 Å². The lowest BCUT2D eigenvalue weighted by atomic mass is 10.2. The second-order valence-electron chi connectivity index (χ2n) is 4.50. The minimum absolute atomic E-state index is 0. The van der Waals surface area contributed by atoms with E-state index in [0.29, 0.717) is 12.1 Å². The lowest BCUT2D eigenvalue weighted by molar-refractivity contribution is 0.0940. The van der Waals surface area contributed by atoms with Crippen molar-refractivity contribution in [2.24, 2.45) is 5.73 Å². The van der Waals surface area contributed by atoms with E-state index in [4.69, 9.17) is 5.73 Å². The number of nitrogens with two attached hydrogens (primary N) is 1. The minimum atomic E-state index is -0.141. The SMILES string of the molecule is Cc1c(C(=O)N[C@@H](C)CN)cnn1-c1ccccc1.Cl. The first kappa shape index (κ1) is 16.2. The highest BCUT2D eigenvalue weighted by atomic mass is 35.5. The Labute approximate surface area is 124 Å². The summed E-state index contributed by atoms with van der Waals surface area (Å²) in [6.07, 6.45) is 1.58. The number of benzene rings is 1. The van der Waals surface area contributed by atoms with E-state index in [0.717, 1.165) is 11.4 Å². The van der Waals surface area contributed by atoms with Crippen LogP contribution in [0.25, 0.3) is 5.69 Å². The van der Waals surface area contributed by atoms with Gasteiger partial charge in [0.05, 0.1) is 23.1 Å². The average Bonchev–Trinajstić information content (AvgIpc) is 2.81. The molecule has 2 rings (SSSR count). The van der Waals surface area contributed by atoms with Crippen LogP contribution in [-0.2, 0) is 0 Å². The average molecular weight is 295 g/mol. The van der Waals surface area contributed by atoms with Crippen LogP contribution >= 0.6 is 12.4 Å². The lowest BCUT2D eigenvalue weighted by Crippen LogP contribution is -2.37.